The Hall–Kier alpha value is -1.22. The van der Waals surface area contributed by atoms with Crippen LogP contribution in [-0.2, 0) is 0 Å². The molecule has 1 amide bonds. The van der Waals surface area contributed by atoms with Gasteiger partial charge in [-0.2, -0.15) is 0 Å². The van der Waals surface area contributed by atoms with Crippen LogP contribution in [0.4, 0.5) is 0 Å². The van der Waals surface area contributed by atoms with Crippen LogP contribution in [0.25, 0.3) is 0 Å². The largest absolute Gasteiger partial charge is 0.508 e. The van der Waals surface area contributed by atoms with Gasteiger partial charge in [0.1, 0.15) is 5.75 Å². The maximum atomic E-state index is 12.3. The van der Waals surface area contributed by atoms with Gasteiger partial charge >= 0.3 is 0 Å². The summed E-state index contributed by atoms with van der Waals surface area (Å²) in [6, 6.07) is 4.45. The van der Waals surface area contributed by atoms with Gasteiger partial charge in [-0.3, -0.25) is 4.79 Å². The maximum absolute atomic E-state index is 12.3. The van der Waals surface area contributed by atoms with Gasteiger partial charge in [-0.1, -0.05) is 38.3 Å². The number of phenolic OH excluding ortho intramolecular Hbond substituents is 1. The van der Waals surface area contributed by atoms with E-state index < -0.39 is 0 Å². The molecular weight excluding hydrogens is 286 g/mol. The Balaban J connectivity index is 2.03. The highest BCUT2D eigenvalue weighted by atomic mass is 35.5. The summed E-state index contributed by atoms with van der Waals surface area (Å²) in [6.45, 7) is 5.15. The van der Waals surface area contributed by atoms with Crippen LogP contribution < -0.4 is 5.32 Å². The molecule has 0 atom stereocenters. The van der Waals surface area contributed by atoms with Gasteiger partial charge in [0.15, 0.2) is 0 Å². The van der Waals surface area contributed by atoms with E-state index in [1.807, 2.05) is 0 Å². The second-order valence-corrected chi connectivity index (χ2v) is 7.06. The van der Waals surface area contributed by atoms with Gasteiger partial charge in [-0.25, -0.2) is 0 Å². The van der Waals surface area contributed by atoms with Crippen molar-refractivity contribution in [3.05, 3.63) is 28.8 Å². The summed E-state index contributed by atoms with van der Waals surface area (Å²) in [5.74, 6) is 0.484. The Morgan fingerprint density at radius 3 is 2.67 bits per heavy atom. The molecule has 1 aromatic rings. The van der Waals surface area contributed by atoms with Crippen LogP contribution in [0.15, 0.2) is 18.2 Å². The first kappa shape index (κ1) is 16.2. The zero-order chi connectivity index (χ0) is 15.5. The molecule has 4 heteroatoms. The zero-order valence-corrected chi connectivity index (χ0v) is 13.5. The van der Waals surface area contributed by atoms with E-state index in [1.165, 1.54) is 37.8 Å². The Kier molecular flexibility index (Phi) is 5.15. The Bertz CT molecular complexity index is 508. The summed E-state index contributed by atoms with van der Waals surface area (Å²) in [5.41, 5.74) is 0.571. The molecule has 2 N–H and O–H groups in total. The van der Waals surface area contributed by atoms with Gasteiger partial charge in [-0.15, -0.1) is 0 Å². The number of halogens is 1. The van der Waals surface area contributed by atoms with Gasteiger partial charge < -0.3 is 10.4 Å². The lowest BCUT2D eigenvalue weighted by atomic mass is 9.78. The minimum Gasteiger partial charge on any atom is -0.508 e. The van der Waals surface area contributed by atoms with Crippen molar-refractivity contribution in [3.8, 4) is 5.75 Å². The van der Waals surface area contributed by atoms with Crippen molar-refractivity contribution >= 4 is 17.5 Å². The number of aromatic hydroxyl groups is 1. The van der Waals surface area contributed by atoms with E-state index in [-0.39, 0.29) is 17.1 Å². The molecule has 0 heterocycles. The van der Waals surface area contributed by atoms with Crippen LogP contribution in [0.1, 0.15) is 56.3 Å². The summed E-state index contributed by atoms with van der Waals surface area (Å²) in [7, 11) is 0. The van der Waals surface area contributed by atoms with Crippen molar-refractivity contribution < 1.29 is 9.90 Å². The molecule has 0 bridgehead atoms. The smallest absolute Gasteiger partial charge is 0.252 e. The third-order valence-electron chi connectivity index (χ3n) is 4.32. The number of benzene rings is 1. The quantitative estimate of drug-likeness (QED) is 0.848. The lowest BCUT2D eigenvalue weighted by Gasteiger charge is -2.31. The zero-order valence-electron chi connectivity index (χ0n) is 12.8. The predicted octanol–water partition coefficient (Wildman–Crippen LogP) is 4.38. The number of carbonyl (C=O) groups excluding carboxylic acids is 1. The van der Waals surface area contributed by atoms with Crippen LogP contribution in [0, 0.1) is 11.3 Å². The van der Waals surface area contributed by atoms with Gasteiger partial charge in [0.05, 0.1) is 10.6 Å². The first-order chi connectivity index (χ1) is 9.92. The topological polar surface area (TPSA) is 49.3 Å². The third kappa shape index (κ3) is 4.13. The monoisotopic (exact) mass is 309 g/mol. The number of nitrogens with one attached hydrogen (secondary N) is 1. The summed E-state index contributed by atoms with van der Waals surface area (Å²) in [4.78, 5) is 12.3. The van der Waals surface area contributed by atoms with Gasteiger partial charge in [0.25, 0.3) is 5.91 Å². The van der Waals surface area contributed by atoms with Crippen LogP contribution in [0.3, 0.4) is 0 Å². The SMILES string of the molecule is CC(C)CC1(CNC(=O)c2cc(O)ccc2Cl)CCCC1. The van der Waals surface area contributed by atoms with Crippen molar-refractivity contribution in [3.63, 3.8) is 0 Å². The Morgan fingerprint density at radius 2 is 2.05 bits per heavy atom. The number of rotatable bonds is 5. The summed E-state index contributed by atoms with van der Waals surface area (Å²) in [6.07, 6.45) is 5.99. The van der Waals surface area contributed by atoms with Crippen molar-refractivity contribution in [2.24, 2.45) is 11.3 Å². The summed E-state index contributed by atoms with van der Waals surface area (Å²) < 4.78 is 0. The van der Waals surface area contributed by atoms with Gasteiger partial charge in [0.2, 0.25) is 0 Å². The molecule has 0 unspecified atom stereocenters. The fourth-order valence-corrected chi connectivity index (χ4v) is 3.70. The average molecular weight is 310 g/mol. The molecule has 0 aromatic heterocycles. The molecule has 0 aliphatic heterocycles. The second kappa shape index (κ2) is 6.69. The minimum atomic E-state index is -0.203. The molecule has 0 radical (unpaired) electrons. The fraction of sp³-hybridized carbons (Fsp3) is 0.588. The molecular formula is C17H24ClNO2. The average Bonchev–Trinajstić information content (AvgIpc) is 2.87. The van der Waals surface area contributed by atoms with Gasteiger partial charge in [-0.05, 0) is 48.8 Å². The molecule has 1 aliphatic carbocycles. The molecule has 0 saturated heterocycles. The Labute approximate surface area is 131 Å². The summed E-state index contributed by atoms with van der Waals surface area (Å²) in [5, 5.41) is 12.9. The van der Waals surface area contributed by atoms with Gasteiger partial charge in [0, 0.05) is 6.54 Å². The highest BCUT2D eigenvalue weighted by molar-refractivity contribution is 6.33. The van der Waals surface area contributed by atoms with E-state index in [0.29, 0.717) is 23.0 Å². The number of carbonyl (C=O) groups is 1. The molecule has 1 aromatic carbocycles. The number of hydrogen-bond donors (Lipinski definition) is 2. The van der Waals surface area contributed by atoms with E-state index in [9.17, 15) is 9.90 Å². The number of hydrogen-bond acceptors (Lipinski definition) is 2. The molecule has 0 spiro atoms. The van der Waals surface area contributed by atoms with Crippen molar-refractivity contribution in [1.29, 1.82) is 0 Å². The minimum absolute atomic E-state index is 0.0577. The first-order valence-corrected chi connectivity index (χ1v) is 8.06. The predicted molar refractivity (Wildman–Crippen MR) is 85.8 cm³/mol. The molecule has 1 aliphatic rings. The van der Waals surface area contributed by atoms with Crippen LogP contribution in [0.5, 0.6) is 5.75 Å². The van der Waals surface area contributed by atoms with Crippen molar-refractivity contribution in [2.45, 2.75) is 46.0 Å². The van der Waals surface area contributed by atoms with Crippen molar-refractivity contribution in [2.75, 3.05) is 6.54 Å². The maximum Gasteiger partial charge on any atom is 0.252 e. The number of amides is 1. The Morgan fingerprint density at radius 1 is 1.38 bits per heavy atom. The normalized spacial score (nSPS) is 17.1. The molecule has 1 saturated carbocycles. The standard InChI is InChI=1S/C17H24ClNO2/c1-12(2)10-17(7-3-4-8-17)11-19-16(21)14-9-13(20)5-6-15(14)18/h5-6,9,12,20H,3-4,7-8,10-11H2,1-2H3,(H,19,21). The lowest BCUT2D eigenvalue weighted by molar-refractivity contribution is 0.0921. The lowest BCUT2D eigenvalue weighted by Crippen LogP contribution is -2.37. The van der Waals surface area contributed by atoms with Crippen LogP contribution in [-0.4, -0.2) is 17.6 Å². The van der Waals surface area contributed by atoms with Crippen molar-refractivity contribution in [1.82, 2.24) is 5.32 Å². The molecule has 3 nitrogen and oxygen atoms in total. The third-order valence-corrected chi connectivity index (χ3v) is 4.65. The molecule has 1 fully saturated rings. The molecule has 116 valence electrons. The van der Waals surface area contributed by atoms with E-state index in [0.717, 1.165) is 6.42 Å². The second-order valence-electron chi connectivity index (χ2n) is 6.65. The van der Waals surface area contributed by atoms with E-state index in [1.54, 1.807) is 6.07 Å². The van der Waals surface area contributed by atoms with Crippen LogP contribution in [0.2, 0.25) is 5.02 Å². The first-order valence-electron chi connectivity index (χ1n) is 7.69. The molecule has 21 heavy (non-hydrogen) atoms. The van der Waals surface area contributed by atoms with Crippen LogP contribution >= 0.6 is 11.6 Å². The highest BCUT2D eigenvalue weighted by Gasteiger charge is 2.34. The summed E-state index contributed by atoms with van der Waals surface area (Å²) >= 11 is 6.03. The van der Waals surface area contributed by atoms with E-state index >= 15 is 0 Å². The van der Waals surface area contributed by atoms with E-state index in [4.69, 9.17) is 11.6 Å². The fourth-order valence-electron chi connectivity index (χ4n) is 3.49. The highest BCUT2D eigenvalue weighted by Crippen LogP contribution is 2.42. The van der Waals surface area contributed by atoms with E-state index in [2.05, 4.69) is 19.2 Å². The number of phenols is 1. The molecule has 2 rings (SSSR count).